The lowest BCUT2D eigenvalue weighted by molar-refractivity contribution is -0.425. The summed E-state index contributed by atoms with van der Waals surface area (Å²) in [6.07, 6.45) is -6.70. The van der Waals surface area contributed by atoms with Crippen LogP contribution in [0.2, 0.25) is 19.6 Å². The van der Waals surface area contributed by atoms with Crippen molar-refractivity contribution in [3.8, 4) is 0 Å². The smallest absolute Gasteiger partial charge is 0.348 e. The van der Waals surface area contributed by atoms with Gasteiger partial charge < -0.3 is 4.57 Å². The summed E-state index contributed by atoms with van der Waals surface area (Å²) in [6, 6.07) is -4.01. The van der Waals surface area contributed by atoms with Crippen LogP contribution in [0.1, 0.15) is 10.5 Å². The largest absolute Gasteiger partial charge is 0.462 e. The third-order valence-electron chi connectivity index (χ3n) is 3.28. The number of amides is 1. The Bertz CT molecular complexity index is 634. The number of alkyl halides is 7. The van der Waals surface area contributed by atoms with Gasteiger partial charge in [0.1, 0.15) is 5.69 Å². The highest BCUT2D eigenvalue weighted by molar-refractivity contribution is 6.88. The van der Waals surface area contributed by atoms with E-state index in [4.69, 9.17) is 0 Å². The minimum Gasteiger partial charge on any atom is -0.348 e. The maximum atomic E-state index is 13.3. The number of rotatable bonds is 4. The quantitative estimate of drug-likeness (QED) is 0.343. The van der Waals surface area contributed by atoms with E-state index in [1.54, 1.807) is 0 Å². The first-order valence-electron chi connectivity index (χ1n) is 6.46. The minimum absolute atomic E-state index is 0.519. The van der Waals surface area contributed by atoms with Crippen LogP contribution in [-0.2, 0) is 12.3 Å². The molecule has 137 valence electrons. The summed E-state index contributed by atoms with van der Waals surface area (Å²) in [5, 5.41) is 9.70. The summed E-state index contributed by atoms with van der Waals surface area (Å²) < 4.78 is 89.7. The maximum Gasteiger partial charge on any atom is 0.462 e. The van der Waals surface area contributed by atoms with E-state index in [1.807, 2.05) is 19.6 Å². The zero-order chi connectivity index (χ0) is 19.3. The number of hydrogen-bond acceptors (Lipinski definition) is 1. The summed E-state index contributed by atoms with van der Waals surface area (Å²) in [5.74, 6) is -8.87. The molecule has 0 aliphatic heterocycles. The molecule has 1 rings (SSSR count). The van der Waals surface area contributed by atoms with Crippen molar-refractivity contribution < 1.29 is 40.7 Å². The Balaban J connectivity index is 3.28. The monoisotopic (exact) mass is 379 g/mol. The van der Waals surface area contributed by atoms with Crippen LogP contribution in [0.15, 0.2) is 12.1 Å². The molecule has 0 unspecified atom stereocenters. The number of carbonyl (C=O) groups is 1. The van der Waals surface area contributed by atoms with Crippen LogP contribution < -0.4 is 5.32 Å². The normalized spacial score (nSPS) is 14.0. The maximum absolute atomic E-state index is 13.3. The molecular formula is C12H14F7N2O2Si. The number of nitrogens with zero attached hydrogens (tertiary/aromatic N) is 2. The lowest BCUT2D eigenvalue weighted by Gasteiger charge is -2.31. The van der Waals surface area contributed by atoms with Gasteiger partial charge in [-0.2, -0.15) is 30.7 Å². The van der Waals surface area contributed by atoms with E-state index in [1.165, 1.54) is 13.1 Å². The van der Waals surface area contributed by atoms with Gasteiger partial charge in [-0.25, -0.2) is 0 Å². The zero-order valence-electron chi connectivity index (χ0n) is 13.0. The molecule has 1 amide bonds. The lowest BCUT2D eigenvalue weighted by Crippen LogP contribution is -2.61. The second-order valence-corrected chi connectivity index (χ2v) is 11.1. The first-order chi connectivity index (χ1) is 10.5. The van der Waals surface area contributed by atoms with E-state index in [2.05, 4.69) is 0 Å². The van der Waals surface area contributed by atoms with Crippen molar-refractivity contribution in [3.05, 3.63) is 17.8 Å². The fourth-order valence-electron chi connectivity index (χ4n) is 2.01. The van der Waals surface area contributed by atoms with Gasteiger partial charge >= 0.3 is 24.1 Å². The van der Waals surface area contributed by atoms with Gasteiger partial charge in [0.15, 0.2) is 0 Å². The highest BCUT2D eigenvalue weighted by Gasteiger charge is 2.77. The number of hydrogen-bond donors (Lipinski definition) is 0. The molecule has 0 aliphatic carbocycles. The predicted octanol–water partition coefficient (Wildman–Crippen LogP) is 3.15. The average molecular weight is 379 g/mol. The molecular weight excluding hydrogens is 365 g/mol. The molecule has 0 aliphatic rings. The SMILES string of the molecule is Cn1c(C(=O)N([O])C(F)(F)C(F)(F)C(F)(F)F)ccc1[Si](C)(C)C. The van der Waals surface area contributed by atoms with E-state index in [0.717, 1.165) is 10.6 Å². The molecule has 0 fully saturated rings. The van der Waals surface area contributed by atoms with Crippen molar-refractivity contribution in [2.24, 2.45) is 7.05 Å². The third kappa shape index (κ3) is 3.16. The fourth-order valence-corrected chi connectivity index (χ4v) is 3.72. The molecule has 0 spiro atoms. The Labute approximate surface area is 133 Å². The van der Waals surface area contributed by atoms with Gasteiger partial charge in [0, 0.05) is 12.4 Å². The van der Waals surface area contributed by atoms with Gasteiger partial charge in [-0.1, -0.05) is 24.8 Å². The van der Waals surface area contributed by atoms with E-state index < -0.39 is 42.9 Å². The van der Waals surface area contributed by atoms with Gasteiger partial charge in [-0.05, 0) is 12.1 Å². The van der Waals surface area contributed by atoms with Crippen LogP contribution >= 0.6 is 0 Å². The van der Waals surface area contributed by atoms with E-state index in [9.17, 15) is 40.7 Å². The van der Waals surface area contributed by atoms with Gasteiger partial charge in [0.05, 0.1) is 8.07 Å². The second-order valence-electron chi connectivity index (χ2n) is 6.13. The fraction of sp³-hybridized carbons (Fsp3) is 0.583. The third-order valence-corrected chi connectivity index (χ3v) is 5.32. The summed E-state index contributed by atoms with van der Waals surface area (Å²) in [7, 11) is -0.845. The Morgan fingerprint density at radius 2 is 1.50 bits per heavy atom. The first kappa shape index (κ1) is 20.5. The van der Waals surface area contributed by atoms with E-state index in [-0.39, 0.29) is 0 Å². The Kier molecular flexibility index (Phi) is 4.91. The second kappa shape index (κ2) is 5.76. The first-order valence-corrected chi connectivity index (χ1v) is 9.96. The predicted molar refractivity (Wildman–Crippen MR) is 71.2 cm³/mol. The summed E-state index contributed by atoms with van der Waals surface area (Å²) >= 11 is 0. The van der Waals surface area contributed by atoms with Crippen LogP contribution in [0, 0.1) is 0 Å². The van der Waals surface area contributed by atoms with Gasteiger partial charge in [0.2, 0.25) is 0 Å². The van der Waals surface area contributed by atoms with Crippen molar-refractivity contribution in [1.82, 2.24) is 9.63 Å². The number of hydroxylamine groups is 2. The van der Waals surface area contributed by atoms with Crippen LogP contribution in [0.3, 0.4) is 0 Å². The molecule has 0 atom stereocenters. The number of aromatic nitrogens is 1. The molecule has 24 heavy (non-hydrogen) atoms. The van der Waals surface area contributed by atoms with Crippen LogP contribution in [0.4, 0.5) is 30.7 Å². The molecule has 1 radical (unpaired) electrons. The summed E-state index contributed by atoms with van der Waals surface area (Å²) in [5.41, 5.74) is -0.708. The molecule has 4 nitrogen and oxygen atoms in total. The Hall–Kier alpha value is -1.56. The lowest BCUT2D eigenvalue weighted by atomic mass is 10.2. The number of halogens is 7. The molecule has 1 heterocycles. The minimum atomic E-state index is -6.70. The van der Waals surface area contributed by atoms with Crippen LogP contribution in [-0.4, -0.2) is 41.8 Å². The summed E-state index contributed by atoms with van der Waals surface area (Å²) in [4.78, 5) is 11.8. The standard InChI is InChI=1S/C12H14F7N2O2Si/c1-20-7(5-6-8(20)24(2,3)4)9(22)21(23)12(18,19)10(13,14)11(15,16)17/h5-6H,1-4H3. The molecule has 0 aromatic carbocycles. The van der Waals surface area contributed by atoms with Crippen LogP contribution in [0.25, 0.3) is 0 Å². The molecule has 0 saturated carbocycles. The molecule has 0 bridgehead atoms. The zero-order valence-corrected chi connectivity index (χ0v) is 14.0. The Morgan fingerprint density at radius 1 is 1.04 bits per heavy atom. The topological polar surface area (TPSA) is 45.1 Å². The summed E-state index contributed by atoms with van der Waals surface area (Å²) in [6.45, 7) is 5.45. The number of carbonyl (C=O) groups excluding carboxylic acids is 1. The molecule has 0 N–H and O–H groups in total. The Morgan fingerprint density at radius 3 is 1.83 bits per heavy atom. The van der Waals surface area contributed by atoms with Crippen molar-refractivity contribution in [3.63, 3.8) is 0 Å². The van der Waals surface area contributed by atoms with Gasteiger partial charge in [0.25, 0.3) is 0 Å². The molecule has 1 aromatic heterocycles. The molecule has 1 aromatic rings. The van der Waals surface area contributed by atoms with Crippen molar-refractivity contribution >= 4 is 19.3 Å². The molecule has 12 heteroatoms. The van der Waals surface area contributed by atoms with Crippen molar-refractivity contribution in [2.75, 3.05) is 0 Å². The van der Waals surface area contributed by atoms with Crippen LogP contribution in [0.5, 0.6) is 0 Å². The molecule has 0 saturated heterocycles. The van der Waals surface area contributed by atoms with Crippen molar-refractivity contribution in [1.29, 1.82) is 0 Å². The van der Waals surface area contributed by atoms with E-state index in [0.29, 0.717) is 5.32 Å². The van der Waals surface area contributed by atoms with Crippen molar-refractivity contribution in [2.45, 2.75) is 37.8 Å². The highest BCUT2D eigenvalue weighted by atomic mass is 28.3. The van der Waals surface area contributed by atoms with Gasteiger partial charge in [-0.3, -0.25) is 4.79 Å². The van der Waals surface area contributed by atoms with Gasteiger partial charge in [-0.15, -0.1) is 5.06 Å². The highest BCUT2D eigenvalue weighted by Crippen LogP contribution is 2.47. The average Bonchev–Trinajstić information content (AvgIpc) is 2.77. The van der Waals surface area contributed by atoms with E-state index >= 15 is 0 Å².